The summed E-state index contributed by atoms with van der Waals surface area (Å²) < 4.78 is 0. The van der Waals surface area contributed by atoms with Gasteiger partial charge in [0.15, 0.2) is 5.96 Å². The van der Waals surface area contributed by atoms with E-state index in [1.165, 1.54) is 0 Å². The zero-order valence-corrected chi connectivity index (χ0v) is 15.2. The van der Waals surface area contributed by atoms with Gasteiger partial charge >= 0.3 is 5.97 Å². The summed E-state index contributed by atoms with van der Waals surface area (Å²) in [5.74, 6) is -0.340. The van der Waals surface area contributed by atoms with Crippen molar-refractivity contribution in [2.75, 3.05) is 26.2 Å². The Hall–Kier alpha value is -2.16. The lowest BCUT2D eigenvalue weighted by molar-refractivity contribution is -0.137. The van der Waals surface area contributed by atoms with Crippen molar-refractivity contribution in [3.8, 4) is 0 Å². The SMILES string of the molecule is NC(N)=NCCCC(=O)CNCC1CCC(C(=O)NCCC(=O)O)CC1. The summed E-state index contributed by atoms with van der Waals surface area (Å²) in [6, 6.07) is 0. The van der Waals surface area contributed by atoms with Crippen LogP contribution in [0.5, 0.6) is 0 Å². The maximum atomic E-state index is 12.0. The van der Waals surface area contributed by atoms with Gasteiger partial charge < -0.3 is 27.2 Å². The fourth-order valence-corrected chi connectivity index (χ4v) is 3.05. The summed E-state index contributed by atoms with van der Waals surface area (Å²) in [6.45, 7) is 1.76. The lowest BCUT2D eigenvalue weighted by Gasteiger charge is -2.27. The van der Waals surface area contributed by atoms with Gasteiger partial charge in [-0.15, -0.1) is 0 Å². The van der Waals surface area contributed by atoms with Crippen molar-refractivity contribution in [1.29, 1.82) is 0 Å². The normalized spacial score (nSPS) is 19.5. The van der Waals surface area contributed by atoms with Crippen LogP contribution < -0.4 is 22.1 Å². The molecule has 0 spiro atoms. The molecule has 0 aromatic heterocycles. The standard InChI is InChI=1S/C17H31N5O4/c18-17(19)22-8-1-2-14(23)11-20-10-12-3-5-13(6-4-12)16(26)21-9-7-15(24)25/h12-13,20H,1-11H2,(H,21,26)(H,24,25)(H4,18,19,22). The first-order chi connectivity index (χ1) is 12.4. The largest absolute Gasteiger partial charge is 0.481 e. The number of nitrogens with two attached hydrogens (primary N) is 2. The molecule has 1 fully saturated rings. The summed E-state index contributed by atoms with van der Waals surface area (Å²) in [6.07, 6.45) is 4.51. The minimum atomic E-state index is -0.911. The van der Waals surface area contributed by atoms with Gasteiger partial charge in [-0.3, -0.25) is 19.4 Å². The van der Waals surface area contributed by atoms with E-state index in [0.29, 0.717) is 31.8 Å². The third kappa shape index (κ3) is 9.97. The number of hydrogen-bond donors (Lipinski definition) is 5. The Bertz CT molecular complexity index is 497. The Morgan fingerprint density at radius 3 is 2.38 bits per heavy atom. The molecule has 1 rings (SSSR count). The monoisotopic (exact) mass is 369 g/mol. The summed E-state index contributed by atoms with van der Waals surface area (Å²) >= 11 is 0. The molecule has 7 N–H and O–H groups in total. The van der Waals surface area contributed by atoms with Crippen LogP contribution in [0.25, 0.3) is 0 Å². The van der Waals surface area contributed by atoms with Crippen LogP contribution in [0.1, 0.15) is 44.9 Å². The molecule has 1 aliphatic rings. The van der Waals surface area contributed by atoms with Crippen LogP contribution in [0.4, 0.5) is 0 Å². The lowest BCUT2D eigenvalue weighted by Crippen LogP contribution is -2.36. The van der Waals surface area contributed by atoms with Gasteiger partial charge in [0.25, 0.3) is 0 Å². The zero-order chi connectivity index (χ0) is 19.4. The van der Waals surface area contributed by atoms with E-state index in [2.05, 4.69) is 15.6 Å². The molecule has 1 saturated carbocycles. The van der Waals surface area contributed by atoms with E-state index in [1.54, 1.807) is 0 Å². The number of carbonyl (C=O) groups is 3. The van der Waals surface area contributed by atoms with Crippen molar-refractivity contribution in [1.82, 2.24) is 10.6 Å². The van der Waals surface area contributed by atoms with Gasteiger partial charge in [-0.1, -0.05) is 0 Å². The highest BCUT2D eigenvalue weighted by atomic mass is 16.4. The average molecular weight is 369 g/mol. The minimum absolute atomic E-state index is 0.0304. The molecule has 0 bridgehead atoms. The van der Waals surface area contributed by atoms with Gasteiger partial charge in [0.1, 0.15) is 5.78 Å². The summed E-state index contributed by atoms with van der Waals surface area (Å²) in [5, 5.41) is 14.5. The second kappa shape index (κ2) is 12.2. The zero-order valence-electron chi connectivity index (χ0n) is 15.2. The topological polar surface area (TPSA) is 160 Å². The molecule has 0 saturated heterocycles. The van der Waals surface area contributed by atoms with E-state index in [4.69, 9.17) is 16.6 Å². The molecule has 1 aliphatic carbocycles. The van der Waals surface area contributed by atoms with Crippen LogP contribution in [-0.4, -0.2) is 54.9 Å². The Labute approximate surface area is 154 Å². The van der Waals surface area contributed by atoms with Gasteiger partial charge in [-0.05, 0) is 44.6 Å². The van der Waals surface area contributed by atoms with Crippen molar-refractivity contribution in [2.45, 2.75) is 44.9 Å². The molecule has 0 heterocycles. The highest BCUT2D eigenvalue weighted by molar-refractivity contribution is 5.80. The molecule has 0 unspecified atom stereocenters. The van der Waals surface area contributed by atoms with E-state index in [1.807, 2.05) is 0 Å². The van der Waals surface area contributed by atoms with E-state index in [0.717, 1.165) is 32.2 Å². The number of hydrogen-bond acceptors (Lipinski definition) is 5. The molecule has 0 aromatic carbocycles. The molecule has 1 amide bonds. The molecule has 9 nitrogen and oxygen atoms in total. The third-order valence-electron chi connectivity index (χ3n) is 4.52. The molecular weight excluding hydrogens is 338 g/mol. The highest BCUT2D eigenvalue weighted by Crippen LogP contribution is 2.28. The summed E-state index contributed by atoms with van der Waals surface area (Å²) in [4.78, 5) is 38.0. The first kappa shape index (κ1) is 21.9. The van der Waals surface area contributed by atoms with Gasteiger partial charge in [0.05, 0.1) is 13.0 Å². The predicted molar refractivity (Wildman–Crippen MR) is 98.5 cm³/mol. The van der Waals surface area contributed by atoms with Gasteiger partial charge in [0.2, 0.25) is 5.91 Å². The number of amides is 1. The fourth-order valence-electron chi connectivity index (χ4n) is 3.05. The molecular formula is C17H31N5O4. The second-order valence-corrected chi connectivity index (χ2v) is 6.73. The lowest BCUT2D eigenvalue weighted by atomic mass is 9.81. The highest BCUT2D eigenvalue weighted by Gasteiger charge is 2.26. The van der Waals surface area contributed by atoms with E-state index in [9.17, 15) is 14.4 Å². The first-order valence-corrected chi connectivity index (χ1v) is 9.15. The number of Topliss-reactive ketones (excluding diaryl/α,β-unsaturated/α-hetero) is 1. The van der Waals surface area contributed by atoms with Crippen molar-refractivity contribution in [3.63, 3.8) is 0 Å². The van der Waals surface area contributed by atoms with Crippen molar-refractivity contribution in [2.24, 2.45) is 28.3 Å². The average Bonchev–Trinajstić information content (AvgIpc) is 2.59. The Balaban J connectivity index is 2.09. The van der Waals surface area contributed by atoms with Crippen LogP contribution in [0, 0.1) is 11.8 Å². The van der Waals surface area contributed by atoms with E-state index in [-0.39, 0.29) is 36.5 Å². The number of nitrogens with zero attached hydrogens (tertiary/aromatic N) is 1. The van der Waals surface area contributed by atoms with Crippen molar-refractivity contribution < 1.29 is 19.5 Å². The number of ketones is 1. The smallest absolute Gasteiger partial charge is 0.305 e. The molecule has 0 atom stereocenters. The number of rotatable bonds is 12. The number of aliphatic carboxylic acids is 1. The second-order valence-electron chi connectivity index (χ2n) is 6.73. The maximum absolute atomic E-state index is 12.0. The molecule has 0 aliphatic heterocycles. The Kier molecular flexibility index (Phi) is 10.3. The van der Waals surface area contributed by atoms with Gasteiger partial charge in [0, 0.05) is 25.4 Å². The summed E-state index contributed by atoms with van der Waals surface area (Å²) in [5.41, 5.74) is 10.4. The Morgan fingerprint density at radius 1 is 1.08 bits per heavy atom. The summed E-state index contributed by atoms with van der Waals surface area (Å²) in [7, 11) is 0. The molecule has 148 valence electrons. The van der Waals surface area contributed by atoms with Gasteiger partial charge in [-0.25, -0.2) is 0 Å². The Morgan fingerprint density at radius 2 is 1.77 bits per heavy atom. The van der Waals surface area contributed by atoms with Crippen LogP contribution in [0.15, 0.2) is 4.99 Å². The van der Waals surface area contributed by atoms with Crippen LogP contribution in [0.3, 0.4) is 0 Å². The number of nitrogens with one attached hydrogen (secondary N) is 2. The van der Waals surface area contributed by atoms with Crippen LogP contribution in [-0.2, 0) is 14.4 Å². The number of carbonyl (C=O) groups excluding carboxylic acids is 2. The molecule has 9 heteroatoms. The quantitative estimate of drug-likeness (QED) is 0.178. The van der Waals surface area contributed by atoms with E-state index >= 15 is 0 Å². The van der Waals surface area contributed by atoms with Crippen LogP contribution >= 0.6 is 0 Å². The number of carboxylic acid groups (broad SMARTS) is 1. The molecule has 0 radical (unpaired) electrons. The predicted octanol–water partition coefficient (Wildman–Crippen LogP) is -0.404. The number of aliphatic imine (C=N–C) groups is 1. The van der Waals surface area contributed by atoms with Gasteiger partial charge in [-0.2, -0.15) is 0 Å². The number of carboxylic acids is 1. The molecule has 0 aromatic rings. The third-order valence-corrected chi connectivity index (χ3v) is 4.52. The van der Waals surface area contributed by atoms with E-state index < -0.39 is 5.97 Å². The maximum Gasteiger partial charge on any atom is 0.305 e. The molecule has 26 heavy (non-hydrogen) atoms. The first-order valence-electron chi connectivity index (χ1n) is 9.15. The van der Waals surface area contributed by atoms with Crippen molar-refractivity contribution >= 4 is 23.6 Å². The van der Waals surface area contributed by atoms with Crippen LogP contribution in [0.2, 0.25) is 0 Å². The number of guanidine groups is 1. The fraction of sp³-hybridized carbons (Fsp3) is 0.765. The minimum Gasteiger partial charge on any atom is -0.481 e. The van der Waals surface area contributed by atoms with Crippen molar-refractivity contribution in [3.05, 3.63) is 0 Å².